The summed E-state index contributed by atoms with van der Waals surface area (Å²) < 4.78 is 0. The van der Waals surface area contributed by atoms with Crippen molar-refractivity contribution in [1.29, 1.82) is 0 Å². The van der Waals surface area contributed by atoms with E-state index in [1.54, 1.807) is 26.6 Å². The molecule has 2 aliphatic rings. The molecule has 3 rings (SSSR count). The molecule has 0 bridgehead atoms. The van der Waals surface area contributed by atoms with Gasteiger partial charge < -0.3 is 24.9 Å². The lowest BCUT2D eigenvalue weighted by molar-refractivity contribution is -0.132. The Kier molecular flexibility index (Phi) is 7.49. The molecule has 5 amide bonds. The fourth-order valence-electron chi connectivity index (χ4n) is 4.10. The van der Waals surface area contributed by atoms with Gasteiger partial charge in [-0.15, -0.1) is 0 Å². The first-order chi connectivity index (χ1) is 14.9. The Bertz CT molecular complexity index is 815. The summed E-state index contributed by atoms with van der Waals surface area (Å²) in [6.45, 7) is 4.28. The molecule has 1 unspecified atom stereocenters. The number of hydrogen-bond acceptors (Lipinski definition) is 4. The van der Waals surface area contributed by atoms with Gasteiger partial charge >= 0.3 is 6.03 Å². The summed E-state index contributed by atoms with van der Waals surface area (Å²) >= 11 is 0. The van der Waals surface area contributed by atoms with Crippen LogP contribution in [-0.2, 0) is 14.4 Å². The molecule has 2 saturated heterocycles. The van der Waals surface area contributed by atoms with E-state index in [4.69, 9.17) is 0 Å². The number of hydrogen-bond donors (Lipinski definition) is 1. The van der Waals surface area contributed by atoms with E-state index in [1.165, 1.54) is 6.92 Å². The number of amides is 5. The lowest BCUT2D eigenvalue weighted by Gasteiger charge is -2.31. The predicted octanol–water partition coefficient (Wildman–Crippen LogP) is 0.682. The molecular weight excluding hydrogens is 398 g/mol. The average Bonchev–Trinajstić information content (AvgIpc) is 3.04. The van der Waals surface area contributed by atoms with Crippen molar-refractivity contribution in [3.05, 3.63) is 35.9 Å². The smallest absolute Gasteiger partial charge is 0.320 e. The van der Waals surface area contributed by atoms with Crippen LogP contribution >= 0.6 is 0 Å². The highest BCUT2D eigenvalue weighted by atomic mass is 16.2. The predicted molar refractivity (Wildman–Crippen MR) is 115 cm³/mol. The third-order valence-electron chi connectivity index (χ3n) is 5.86. The highest BCUT2D eigenvalue weighted by Crippen LogP contribution is 2.25. The fourth-order valence-corrected chi connectivity index (χ4v) is 4.10. The van der Waals surface area contributed by atoms with E-state index in [2.05, 4.69) is 5.32 Å². The summed E-state index contributed by atoms with van der Waals surface area (Å²) in [5.41, 5.74) is 0.914. The Balaban J connectivity index is 1.71. The minimum Gasteiger partial charge on any atom is -0.354 e. The minimum absolute atomic E-state index is 0.0280. The average molecular weight is 430 g/mol. The maximum atomic E-state index is 12.9. The zero-order valence-corrected chi connectivity index (χ0v) is 18.2. The van der Waals surface area contributed by atoms with Crippen molar-refractivity contribution in [2.45, 2.75) is 25.8 Å². The van der Waals surface area contributed by atoms with Crippen LogP contribution in [0.4, 0.5) is 4.79 Å². The van der Waals surface area contributed by atoms with Crippen molar-refractivity contribution in [1.82, 2.24) is 24.9 Å². The topological polar surface area (TPSA) is 93.3 Å². The van der Waals surface area contributed by atoms with Crippen LogP contribution in [0.15, 0.2) is 30.3 Å². The summed E-state index contributed by atoms with van der Waals surface area (Å²) in [5, 5.41) is 2.87. The molecule has 168 valence electrons. The standard InChI is InChI=1S/C22H31N5O4/c1-17(28)27-11-6-10-25(21(30)16-26-14-13-24(2)22(26)31)12-9-23-20(29)15-19(27)18-7-4-3-5-8-18/h3-5,7-8,19H,6,9-16H2,1-2H3,(H,23,29). The lowest BCUT2D eigenvalue weighted by Crippen LogP contribution is -2.45. The van der Waals surface area contributed by atoms with Crippen LogP contribution in [-0.4, -0.2) is 96.2 Å². The van der Waals surface area contributed by atoms with Gasteiger partial charge in [-0.2, -0.15) is 0 Å². The van der Waals surface area contributed by atoms with Gasteiger partial charge in [-0.1, -0.05) is 30.3 Å². The second-order valence-electron chi connectivity index (χ2n) is 8.05. The number of rotatable bonds is 3. The third kappa shape index (κ3) is 5.74. The number of carbonyl (C=O) groups excluding carboxylic acids is 4. The summed E-state index contributed by atoms with van der Waals surface area (Å²) in [6, 6.07) is 9.05. The van der Waals surface area contributed by atoms with Crippen LogP contribution in [0.1, 0.15) is 31.4 Å². The number of likely N-dealkylation sites (N-methyl/N-ethyl adjacent to an activating group) is 1. The molecule has 1 N–H and O–H groups in total. The fraction of sp³-hybridized carbons (Fsp3) is 0.545. The maximum absolute atomic E-state index is 12.9. The van der Waals surface area contributed by atoms with Gasteiger partial charge in [-0.05, 0) is 12.0 Å². The first kappa shape index (κ1) is 22.6. The Morgan fingerprint density at radius 3 is 2.42 bits per heavy atom. The number of carbonyl (C=O) groups is 4. The van der Waals surface area contributed by atoms with Gasteiger partial charge in [0.05, 0.1) is 12.5 Å². The highest BCUT2D eigenvalue weighted by molar-refractivity contribution is 5.85. The first-order valence-corrected chi connectivity index (χ1v) is 10.7. The normalized spacial score (nSPS) is 21.0. The van der Waals surface area contributed by atoms with Crippen molar-refractivity contribution in [2.24, 2.45) is 0 Å². The summed E-state index contributed by atoms with van der Waals surface area (Å²) in [5.74, 6) is -0.415. The van der Waals surface area contributed by atoms with Gasteiger partial charge in [-0.3, -0.25) is 14.4 Å². The van der Waals surface area contributed by atoms with Gasteiger partial charge in [0.15, 0.2) is 0 Å². The quantitative estimate of drug-likeness (QED) is 0.765. The molecule has 2 aliphatic heterocycles. The zero-order valence-electron chi connectivity index (χ0n) is 18.2. The van der Waals surface area contributed by atoms with Crippen LogP contribution in [0.5, 0.6) is 0 Å². The van der Waals surface area contributed by atoms with Gasteiger partial charge in [-0.25, -0.2) is 4.79 Å². The van der Waals surface area contributed by atoms with E-state index in [1.807, 2.05) is 30.3 Å². The van der Waals surface area contributed by atoms with Gasteiger partial charge in [0.2, 0.25) is 17.7 Å². The first-order valence-electron chi connectivity index (χ1n) is 10.7. The Labute approximate surface area is 182 Å². The van der Waals surface area contributed by atoms with E-state index >= 15 is 0 Å². The van der Waals surface area contributed by atoms with E-state index < -0.39 is 0 Å². The molecule has 2 fully saturated rings. The van der Waals surface area contributed by atoms with Crippen molar-refractivity contribution < 1.29 is 19.2 Å². The van der Waals surface area contributed by atoms with E-state index in [0.29, 0.717) is 45.7 Å². The van der Waals surface area contributed by atoms with E-state index in [-0.39, 0.29) is 42.8 Å². The minimum atomic E-state index is -0.348. The molecule has 1 aromatic rings. The van der Waals surface area contributed by atoms with Crippen LogP contribution in [0, 0.1) is 0 Å². The van der Waals surface area contributed by atoms with E-state index in [9.17, 15) is 19.2 Å². The molecule has 1 aromatic carbocycles. The largest absolute Gasteiger partial charge is 0.354 e. The molecule has 0 saturated carbocycles. The second kappa shape index (κ2) is 10.3. The van der Waals surface area contributed by atoms with E-state index in [0.717, 1.165) is 5.56 Å². The van der Waals surface area contributed by atoms with Crippen LogP contribution in [0.25, 0.3) is 0 Å². The molecular formula is C22H31N5O4. The maximum Gasteiger partial charge on any atom is 0.320 e. The summed E-state index contributed by atoms with van der Waals surface area (Å²) in [6.07, 6.45) is 0.767. The van der Waals surface area contributed by atoms with Crippen LogP contribution in [0.2, 0.25) is 0 Å². The molecule has 0 spiro atoms. The second-order valence-corrected chi connectivity index (χ2v) is 8.05. The van der Waals surface area contributed by atoms with Crippen molar-refractivity contribution >= 4 is 23.8 Å². The number of nitrogens with one attached hydrogen (secondary N) is 1. The molecule has 2 heterocycles. The molecule has 9 nitrogen and oxygen atoms in total. The van der Waals surface area contributed by atoms with Crippen LogP contribution in [0.3, 0.4) is 0 Å². The van der Waals surface area contributed by atoms with Gasteiger partial charge in [0.25, 0.3) is 0 Å². The monoisotopic (exact) mass is 429 g/mol. The van der Waals surface area contributed by atoms with Crippen molar-refractivity contribution in [3.63, 3.8) is 0 Å². The van der Waals surface area contributed by atoms with Crippen molar-refractivity contribution in [2.75, 3.05) is 52.9 Å². The van der Waals surface area contributed by atoms with Crippen LogP contribution < -0.4 is 5.32 Å². The third-order valence-corrected chi connectivity index (χ3v) is 5.86. The Morgan fingerprint density at radius 2 is 1.77 bits per heavy atom. The number of urea groups is 1. The number of benzene rings is 1. The van der Waals surface area contributed by atoms with Gasteiger partial charge in [0, 0.05) is 53.2 Å². The van der Waals surface area contributed by atoms with Gasteiger partial charge in [0.1, 0.15) is 6.54 Å². The molecule has 1 atom stereocenters. The molecule has 9 heteroatoms. The summed E-state index contributed by atoms with van der Waals surface area (Å²) in [7, 11) is 1.72. The molecule has 0 aromatic heterocycles. The lowest BCUT2D eigenvalue weighted by atomic mass is 10.0. The molecule has 0 radical (unpaired) electrons. The van der Waals surface area contributed by atoms with Crippen molar-refractivity contribution in [3.8, 4) is 0 Å². The highest BCUT2D eigenvalue weighted by Gasteiger charge is 2.30. The zero-order chi connectivity index (χ0) is 22.4. The SMILES string of the molecule is CC(=O)N1CCCN(C(=O)CN2CCN(C)C2=O)CCNC(=O)CC1c1ccccc1. The Hall–Kier alpha value is -3.10. The molecule has 0 aliphatic carbocycles. The Morgan fingerprint density at radius 1 is 1.03 bits per heavy atom. The molecule has 31 heavy (non-hydrogen) atoms. The summed E-state index contributed by atoms with van der Waals surface area (Å²) in [4.78, 5) is 56.5. The number of nitrogens with zero attached hydrogens (tertiary/aromatic N) is 4.